The van der Waals surface area contributed by atoms with E-state index in [1.165, 1.54) is 10.8 Å². The summed E-state index contributed by atoms with van der Waals surface area (Å²) in [5.74, 6) is 0.802. The minimum Gasteiger partial charge on any atom is -0.429 e. The lowest BCUT2D eigenvalue weighted by atomic mass is 10.1. The lowest BCUT2D eigenvalue weighted by Gasteiger charge is -2.16. The summed E-state index contributed by atoms with van der Waals surface area (Å²) in [5.41, 5.74) is 3.09. The number of nitrogens with zero attached hydrogens (tertiary/aromatic N) is 3. The number of nitrogens with one attached hydrogen (secondary N) is 2. The van der Waals surface area contributed by atoms with Crippen LogP contribution in [0.1, 0.15) is 11.4 Å². The molecule has 0 unspecified atom stereocenters. The van der Waals surface area contributed by atoms with E-state index in [0.717, 1.165) is 11.3 Å². The highest BCUT2D eigenvalue weighted by molar-refractivity contribution is 6.42. The molecule has 0 aliphatic carbocycles. The van der Waals surface area contributed by atoms with Crippen LogP contribution < -0.4 is 16.2 Å². The van der Waals surface area contributed by atoms with Gasteiger partial charge in [0.25, 0.3) is 5.56 Å². The Morgan fingerprint density at radius 1 is 0.756 bits per heavy atom. The molecule has 0 atom stereocenters. The molecule has 2 heterocycles. The Morgan fingerprint density at radius 3 is 2.32 bits per heavy atom. The number of hydrogen-bond acceptors (Lipinski definition) is 6. The van der Waals surface area contributed by atoms with Crippen molar-refractivity contribution < 1.29 is 4.42 Å². The monoisotopic (exact) mass is 621 g/mol. The highest BCUT2D eigenvalue weighted by Gasteiger charge is 2.19. The largest absolute Gasteiger partial charge is 0.429 e. The normalized spacial score (nSPS) is 11.1. The third-order valence-electron chi connectivity index (χ3n) is 6.31. The average molecular weight is 623 g/mol. The van der Waals surface area contributed by atoms with Gasteiger partial charge in [0.1, 0.15) is 12.1 Å². The van der Waals surface area contributed by atoms with E-state index in [0.29, 0.717) is 54.0 Å². The number of benzene rings is 4. The molecule has 0 aliphatic rings. The van der Waals surface area contributed by atoms with Crippen molar-refractivity contribution in [3.05, 3.63) is 133 Å². The van der Waals surface area contributed by atoms with Crippen LogP contribution in [0, 0.1) is 0 Å². The molecule has 0 bridgehead atoms. The van der Waals surface area contributed by atoms with Gasteiger partial charge in [-0.3, -0.25) is 4.79 Å². The number of halogens is 4. The van der Waals surface area contributed by atoms with E-state index >= 15 is 0 Å². The Labute approximate surface area is 254 Å². The molecular weight excluding hydrogens is 604 g/mol. The van der Waals surface area contributed by atoms with Crippen molar-refractivity contribution in [1.29, 1.82) is 0 Å². The van der Waals surface area contributed by atoms with Gasteiger partial charge in [-0.05, 0) is 54.1 Å². The van der Waals surface area contributed by atoms with Gasteiger partial charge in [0.2, 0.25) is 0 Å². The van der Waals surface area contributed by atoms with E-state index in [9.17, 15) is 4.79 Å². The van der Waals surface area contributed by atoms with Crippen molar-refractivity contribution in [2.75, 3.05) is 10.6 Å². The van der Waals surface area contributed by atoms with Crippen molar-refractivity contribution in [1.82, 2.24) is 14.5 Å². The van der Waals surface area contributed by atoms with Gasteiger partial charge >= 0.3 is 6.01 Å². The van der Waals surface area contributed by atoms with Crippen molar-refractivity contribution in [2.24, 2.45) is 0 Å². The SMILES string of the molecule is O=c1c2ccccc2nc(Cc2ccccc2Nc2c(Cl)cccc2Cl)n1-c1nc(Nc2ccc(Cl)c(Cl)c2)co1. The van der Waals surface area contributed by atoms with Crippen LogP contribution >= 0.6 is 46.4 Å². The van der Waals surface area contributed by atoms with Crippen LogP contribution in [0.5, 0.6) is 0 Å². The Kier molecular flexibility index (Phi) is 7.60. The van der Waals surface area contributed by atoms with Crippen LogP contribution in [0.15, 0.2) is 100 Å². The molecule has 6 aromatic rings. The second-order valence-corrected chi connectivity index (χ2v) is 10.6. The van der Waals surface area contributed by atoms with E-state index in [2.05, 4.69) is 15.6 Å². The molecule has 2 N–H and O–H groups in total. The van der Waals surface area contributed by atoms with Crippen molar-refractivity contribution in [3.63, 3.8) is 0 Å². The van der Waals surface area contributed by atoms with Crippen LogP contribution in [-0.4, -0.2) is 14.5 Å². The number of rotatable bonds is 7. The standard InChI is InChI=1S/C30H19Cl4N5O2/c31-20-13-12-18(15-23(20)34)35-26-16-41-30(38-26)39-27(36-25-11-4-2-7-19(25)29(39)40)14-17-6-1-3-10-24(17)37-28-21(32)8-5-9-22(28)33/h1-13,15-16,35,37H,14H2. The number of anilines is 4. The Hall–Kier alpha value is -4.01. The average Bonchev–Trinajstić information content (AvgIpc) is 3.41. The molecule has 0 radical (unpaired) electrons. The molecule has 41 heavy (non-hydrogen) atoms. The van der Waals surface area contributed by atoms with Gasteiger partial charge in [0, 0.05) is 17.8 Å². The number of fused-ring (bicyclic) bond motifs is 1. The molecule has 7 nitrogen and oxygen atoms in total. The summed E-state index contributed by atoms with van der Waals surface area (Å²) in [5, 5.41) is 8.67. The van der Waals surface area contributed by atoms with E-state index in [-0.39, 0.29) is 18.0 Å². The van der Waals surface area contributed by atoms with E-state index in [4.69, 9.17) is 55.8 Å². The Morgan fingerprint density at radius 2 is 1.51 bits per heavy atom. The molecule has 11 heteroatoms. The van der Waals surface area contributed by atoms with Crippen LogP contribution in [0.4, 0.5) is 22.9 Å². The fraction of sp³-hybridized carbons (Fsp3) is 0.0333. The molecule has 0 fully saturated rings. The summed E-state index contributed by atoms with van der Waals surface area (Å²) in [7, 11) is 0. The highest BCUT2D eigenvalue weighted by Crippen LogP contribution is 2.34. The van der Waals surface area contributed by atoms with Crippen LogP contribution in [-0.2, 0) is 6.42 Å². The Balaban J connectivity index is 1.41. The van der Waals surface area contributed by atoms with Crippen LogP contribution in [0.3, 0.4) is 0 Å². The zero-order valence-corrected chi connectivity index (χ0v) is 24.1. The molecule has 2 aromatic heterocycles. The second-order valence-electron chi connectivity index (χ2n) is 9.01. The number of aromatic nitrogens is 3. The van der Waals surface area contributed by atoms with E-state index in [1.807, 2.05) is 30.3 Å². The Bertz CT molecular complexity index is 1950. The summed E-state index contributed by atoms with van der Waals surface area (Å²) in [4.78, 5) is 23.1. The van der Waals surface area contributed by atoms with E-state index < -0.39 is 0 Å². The zero-order valence-electron chi connectivity index (χ0n) is 21.0. The first-order valence-corrected chi connectivity index (χ1v) is 13.9. The van der Waals surface area contributed by atoms with Gasteiger partial charge in [0.05, 0.1) is 36.7 Å². The van der Waals surface area contributed by atoms with Gasteiger partial charge in [-0.25, -0.2) is 9.55 Å². The van der Waals surface area contributed by atoms with Crippen LogP contribution in [0.2, 0.25) is 20.1 Å². The van der Waals surface area contributed by atoms with E-state index in [1.54, 1.807) is 54.6 Å². The fourth-order valence-electron chi connectivity index (χ4n) is 4.36. The third-order valence-corrected chi connectivity index (χ3v) is 7.68. The van der Waals surface area contributed by atoms with Crippen molar-refractivity contribution in [3.8, 4) is 6.01 Å². The molecular formula is C30H19Cl4N5O2. The minimum atomic E-state index is -0.312. The molecule has 0 aliphatic heterocycles. The highest BCUT2D eigenvalue weighted by atomic mass is 35.5. The third kappa shape index (κ3) is 5.62. The summed E-state index contributed by atoms with van der Waals surface area (Å²) in [6.07, 6.45) is 1.68. The number of para-hydroxylation sites is 3. The molecule has 204 valence electrons. The maximum absolute atomic E-state index is 13.8. The summed E-state index contributed by atoms with van der Waals surface area (Å²) >= 11 is 25.0. The predicted molar refractivity (Wildman–Crippen MR) is 166 cm³/mol. The van der Waals surface area contributed by atoms with Gasteiger partial charge in [-0.2, -0.15) is 4.98 Å². The quantitative estimate of drug-likeness (QED) is 0.185. The lowest BCUT2D eigenvalue weighted by Crippen LogP contribution is -2.24. The molecule has 0 amide bonds. The molecule has 0 saturated heterocycles. The fourth-order valence-corrected chi connectivity index (χ4v) is 5.15. The molecule has 4 aromatic carbocycles. The zero-order chi connectivity index (χ0) is 28.5. The first kappa shape index (κ1) is 27.2. The molecule has 0 spiro atoms. The van der Waals surface area contributed by atoms with Gasteiger partial charge in [0.15, 0.2) is 5.82 Å². The minimum absolute atomic E-state index is 0.0606. The first-order chi connectivity index (χ1) is 19.9. The second kappa shape index (κ2) is 11.5. The molecule has 0 saturated carbocycles. The maximum atomic E-state index is 13.8. The maximum Gasteiger partial charge on any atom is 0.312 e. The topological polar surface area (TPSA) is 85.0 Å². The number of oxazole rings is 1. The van der Waals surface area contributed by atoms with Crippen LogP contribution in [0.25, 0.3) is 16.9 Å². The number of hydrogen-bond donors (Lipinski definition) is 2. The predicted octanol–water partition coefficient (Wildman–Crippen LogP) is 9.07. The van der Waals surface area contributed by atoms with Gasteiger partial charge < -0.3 is 15.1 Å². The smallest absolute Gasteiger partial charge is 0.312 e. The summed E-state index contributed by atoms with van der Waals surface area (Å²) < 4.78 is 7.16. The van der Waals surface area contributed by atoms with Crippen molar-refractivity contribution >= 4 is 80.2 Å². The molecule has 6 rings (SSSR count). The summed E-state index contributed by atoms with van der Waals surface area (Å²) in [6, 6.07) is 25.2. The first-order valence-electron chi connectivity index (χ1n) is 12.3. The van der Waals surface area contributed by atoms with Gasteiger partial charge in [-0.15, -0.1) is 0 Å². The lowest BCUT2D eigenvalue weighted by molar-refractivity contribution is 0.515. The summed E-state index contributed by atoms with van der Waals surface area (Å²) in [6.45, 7) is 0. The van der Waals surface area contributed by atoms with Crippen molar-refractivity contribution in [2.45, 2.75) is 6.42 Å². The van der Waals surface area contributed by atoms with Gasteiger partial charge in [-0.1, -0.05) is 82.8 Å².